The summed E-state index contributed by atoms with van der Waals surface area (Å²) in [6.45, 7) is 9.00. The average Bonchev–Trinajstić information content (AvgIpc) is 2.52. The number of nitrogens with one attached hydrogen (secondary N) is 2. The Morgan fingerprint density at radius 3 is 2.54 bits per heavy atom. The molecular formula is C17H28FN3O2S. The van der Waals surface area contributed by atoms with Crippen LogP contribution in [0.2, 0.25) is 0 Å². The number of halogens is 1. The summed E-state index contributed by atoms with van der Waals surface area (Å²) in [5, 5.41) is 6.12. The highest BCUT2D eigenvalue weighted by molar-refractivity contribution is 7.91. The van der Waals surface area contributed by atoms with Crippen LogP contribution in [0, 0.1) is 5.82 Å². The second-order valence-corrected chi connectivity index (χ2v) is 8.73. The lowest BCUT2D eigenvalue weighted by Crippen LogP contribution is -2.40. The van der Waals surface area contributed by atoms with E-state index in [-0.39, 0.29) is 22.7 Å². The molecule has 0 bridgehead atoms. The van der Waals surface area contributed by atoms with Gasteiger partial charge in [0, 0.05) is 24.3 Å². The molecule has 0 amide bonds. The van der Waals surface area contributed by atoms with E-state index in [1.807, 2.05) is 26.8 Å². The molecule has 1 aromatic rings. The quantitative estimate of drug-likeness (QED) is 0.552. The number of nitrogens with zero attached hydrogens (tertiary/aromatic N) is 1. The second-order valence-electron chi connectivity index (χ2n) is 6.25. The predicted molar refractivity (Wildman–Crippen MR) is 97.7 cm³/mol. The topological polar surface area (TPSA) is 70.6 Å². The molecule has 0 aliphatic heterocycles. The predicted octanol–water partition coefficient (Wildman–Crippen LogP) is 2.09. The zero-order chi connectivity index (χ0) is 18.2. The zero-order valence-electron chi connectivity index (χ0n) is 14.9. The molecule has 1 rings (SSSR count). The standard InChI is InChI=1S/C17H28FN3O2S/c1-5-19-16(20-10-11-24(22,23)6-2)21-13-17(3,4)14-8-7-9-15(18)12-14/h7-9,12H,5-6,10-11,13H2,1-4H3,(H2,19,20,21). The first kappa shape index (κ1) is 20.4. The van der Waals surface area contributed by atoms with Crippen molar-refractivity contribution in [3.05, 3.63) is 35.6 Å². The number of sulfone groups is 1. The van der Waals surface area contributed by atoms with Crippen molar-refractivity contribution in [2.75, 3.05) is 31.1 Å². The third-order valence-electron chi connectivity index (χ3n) is 3.73. The lowest BCUT2D eigenvalue weighted by atomic mass is 9.85. The normalized spacial score (nSPS) is 13.0. The second kappa shape index (κ2) is 9.01. The molecule has 1 aromatic carbocycles. The summed E-state index contributed by atoms with van der Waals surface area (Å²) in [7, 11) is -3.01. The fourth-order valence-corrected chi connectivity index (χ4v) is 2.79. The number of guanidine groups is 1. The van der Waals surface area contributed by atoms with Gasteiger partial charge in [-0.1, -0.05) is 32.9 Å². The summed E-state index contributed by atoms with van der Waals surface area (Å²) in [6, 6.07) is 6.51. The van der Waals surface area contributed by atoms with Crippen molar-refractivity contribution in [3.63, 3.8) is 0 Å². The number of aliphatic imine (C=N–C) groups is 1. The molecule has 7 heteroatoms. The van der Waals surface area contributed by atoms with Gasteiger partial charge in [0.15, 0.2) is 15.8 Å². The lowest BCUT2D eigenvalue weighted by Gasteiger charge is -2.24. The molecule has 0 spiro atoms. The van der Waals surface area contributed by atoms with E-state index in [0.717, 1.165) is 5.56 Å². The van der Waals surface area contributed by atoms with Crippen LogP contribution in [0.4, 0.5) is 4.39 Å². The number of rotatable bonds is 8. The summed E-state index contributed by atoms with van der Waals surface area (Å²) in [4.78, 5) is 4.51. The highest BCUT2D eigenvalue weighted by atomic mass is 32.2. The van der Waals surface area contributed by atoms with Crippen LogP contribution >= 0.6 is 0 Å². The van der Waals surface area contributed by atoms with Crippen LogP contribution in [0.15, 0.2) is 29.3 Å². The minimum absolute atomic E-state index is 0.0706. The van der Waals surface area contributed by atoms with Crippen molar-refractivity contribution in [3.8, 4) is 0 Å². The van der Waals surface area contributed by atoms with Gasteiger partial charge in [-0.3, -0.25) is 4.99 Å². The van der Waals surface area contributed by atoms with E-state index >= 15 is 0 Å². The van der Waals surface area contributed by atoms with E-state index in [9.17, 15) is 12.8 Å². The van der Waals surface area contributed by atoms with Gasteiger partial charge in [0.2, 0.25) is 0 Å². The van der Waals surface area contributed by atoms with E-state index in [1.165, 1.54) is 12.1 Å². The van der Waals surface area contributed by atoms with Gasteiger partial charge in [0.1, 0.15) is 5.82 Å². The Hall–Kier alpha value is -1.63. The summed E-state index contributed by atoms with van der Waals surface area (Å²) >= 11 is 0. The summed E-state index contributed by atoms with van der Waals surface area (Å²) in [5.74, 6) is 0.503. The van der Waals surface area contributed by atoms with Crippen molar-refractivity contribution in [2.24, 2.45) is 4.99 Å². The molecule has 136 valence electrons. The first-order chi connectivity index (χ1) is 11.2. The Bertz CT molecular complexity index is 658. The molecule has 2 N–H and O–H groups in total. The molecule has 0 unspecified atom stereocenters. The van der Waals surface area contributed by atoms with Crippen LogP contribution < -0.4 is 10.6 Å². The first-order valence-corrected chi connectivity index (χ1v) is 10.0. The highest BCUT2D eigenvalue weighted by Gasteiger charge is 2.21. The monoisotopic (exact) mass is 357 g/mol. The van der Waals surface area contributed by atoms with E-state index in [4.69, 9.17) is 0 Å². The molecule has 0 aromatic heterocycles. The smallest absolute Gasteiger partial charge is 0.191 e. The summed E-state index contributed by atoms with van der Waals surface area (Å²) in [5.41, 5.74) is 0.538. The molecule has 0 atom stereocenters. The Labute approximate surface area is 144 Å². The van der Waals surface area contributed by atoms with E-state index in [1.54, 1.807) is 13.0 Å². The van der Waals surface area contributed by atoms with Crippen molar-refractivity contribution in [2.45, 2.75) is 33.1 Å². The van der Waals surface area contributed by atoms with Crippen LogP contribution in [0.5, 0.6) is 0 Å². The minimum Gasteiger partial charge on any atom is -0.357 e. The molecule has 0 saturated carbocycles. The zero-order valence-corrected chi connectivity index (χ0v) is 15.7. The van der Waals surface area contributed by atoms with Crippen LogP contribution in [-0.4, -0.2) is 45.5 Å². The average molecular weight is 357 g/mol. The van der Waals surface area contributed by atoms with Crippen LogP contribution in [0.1, 0.15) is 33.3 Å². The number of hydrogen-bond donors (Lipinski definition) is 2. The Kier molecular flexibility index (Phi) is 7.66. The van der Waals surface area contributed by atoms with E-state index in [2.05, 4.69) is 15.6 Å². The maximum atomic E-state index is 13.4. The van der Waals surface area contributed by atoms with Gasteiger partial charge < -0.3 is 10.6 Å². The molecule has 0 aliphatic rings. The lowest BCUT2D eigenvalue weighted by molar-refractivity contribution is 0.529. The van der Waals surface area contributed by atoms with E-state index in [0.29, 0.717) is 25.6 Å². The Morgan fingerprint density at radius 1 is 1.25 bits per heavy atom. The van der Waals surface area contributed by atoms with Gasteiger partial charge in [0.25, 0.3) is 0 Å². The van der Waals surface area contributed by atoms with Crippen LogP contribution in [0.25, 0.3) is 0 Å². The molecule has 24 heavy (non-hydrogen) atoms. The Morgan fingerprint density at radius 2 is 1.96 bits per heavy atom. The van der Waals surface area contributed by atoms with Gasteiger partial charge >= 0.3 is 0 Å². The van der Waals surface area contributed by atoms with Gasteiger partial charge in [0.05, 0.1) is 12.3 Å². The molecule has 0 saturated heterocycles. The third-order valence-corrected chi connectivity index (χ3v) is 5.43. The number of benzene rings is 1. The first-order valence-electron chi connectivity index (χ1n) is 8.19. The van der Waals surface area contributed by atoms with Crippen molar-refractivity contribution in [1.82, 2.24) is 10.6 Å². The molecule has 0 fully saturated rings. The summed E-state index contributed by atoms with van der Waals surface area (Å²) < 4.78 is 36.5. The fourth-order valence-electron chi connectivity index (χ4n) is 2.09. The van der Waals surface area contributed by atoms with Gasteiger partial charge in [-0.05, 0) is 24.6 Å². The maximum absolute atomic E-state index is 13.4. The van der Waals surface area contributed by atoms with Crippen molar-refractivity contribution in [1.29, 1.82) is 0 Å². The van der Waals surface area contributed by atoms with E-state index < -0.39 is 9.84 Å². The van der Waals surface area contributed by atoms with Crippen molar-refractivity contribution < 1.29 is 12.8 Å². The Balaban J connectivity index is 2.73. The fraction of sp³-hybridized carbons (Fsp3) is 0.588. The van der Waals surface area contributed by atoms with Gasteiger partial charge in [-0.25, -0.2) is 12.8 Å². The number of hydrogen-bond acceptors (Lipinski definition) is 3. The minimum atomic E-state index is -3.01. The van der Waals surface area contributed by atoms with Gasteiger partial charge in [-0.2, -0.15) is 0 Å². The van der Waals surface area contributed by atoms with Crippen LogP contribution in [0.3, 0.4) is 0 Å². The molecule has 0 aliphatic carbocycles. The van der Waals surface area contributed by atoms with Crippen molar-refractivity contribution >= 4 is 15.8 Å². The molecule has 5 nitrogen and oxygen atoms in total. The maximum Gasteiger partial charge on any atom is 0.191 e. The molecular weight excluding hydrogens is 329 g/mol. The molecule has 0 radical (unpaired) electrons. The SMILES string of the molecule is CCNC(=NCC(C)(C)c1cccc(F)c1)NCCS(=O)(=O)CC. The third kappa shape index (κ3) is 6.86. The highest BCUT2D eigenvalue weighted by Crippen LogP contribution is 2.24. The largest absolute Gasteiger partial charge is 0.357 e. The van der Waals surface area contributed by atoms with Gasteiger partial charge in [-0.15, -0.1) is 0 Å². The van der Waals surface area contributed by atoms with Crippen LogP contribution in [-0.2, 0) is 15.3 Å². The molecule has 0 heterocycles. The summed E-state index contributed by atoms with van der Waals surface area (Å²) in [6.07, 6.45) is 0.